The first-order chi connectivity index (χ1) is 35.8. The number of aromatic hydroxyl groups is 2. The number of phenolic OH excluding ortho intramolecular Hbond substituents is 2. The molecule has 8 aromatic rings. The number of aryl methyl sites for hydroxylation is 2. The van der Waals surface area contributed by atoms with E-state index in [9.17, 15) is 39.0 Å². The fourth-order valence-electron chi connectivity index (χ4n) is 7.38. The van der Waals surface area contributed by atoms with Gasteiger partial charge < -0.3 is 51.2 Å². The molecule has 0 heterocycles. The molecule has 0 radical (unpaired) electrons. The third kappa shape index (κ3) is 14.0. The molecule has 16 nitrogen and oxygen atoms in total. The number of hydrogen-bond acceptors (Lipinski definition) is 10. The molecule has 8 N–H and O–H groups in total. The van der Waals surface area contributed by atoms with Crippen LogP contribution in [0.15, 0.2) is 140 Å². The second-order valence-electron chi connectivity index (χ2n) is 16.7. The monoisotopic (exact) mass is 1070 g/mol. The predicted octanol–water partition coefficient (Wildman–Crippen LogP) is 13.4. The lowest BCUT2D eigenvalue weighted by atomic mass is 10.0. The number of anilines is 4. The fourth-order valence-corrected chi connectivity index (χ4v) is 8.09. The van der Waals surface area contributed by atoms with Gasteiger partial charge in [-0.25, -0.2) is 0 Å². The van der Waals surface area contributed by atoms with Crippen LogP contribution in [-0.4, -0.2) is 56.0 Å². The van der Waals surface area contributed by atoms with Crippen LogP contribution in [0.25, 0.3) is 21.5 Å². The summed E-state index contributed by atoms with van der Waals surface area (Å²) in [6.07, 6.45) is -0.794. The highest BCUT2D eigenvalue weighted by Crippen LogP contribution is 2.41. The fraction of sp³-hybridized carbons (Fsp3) is 0.107. The Balaban J connectivity index is 0.000000219. The number of fused-ring (bicyclic) bond motifs is 2. The molecule has 0 saturated heterocycles. The van der Waals surface area contributed by atoms with Crippen molar-refractivity contribution in [2.45, 2.75) is 39.5 Å². The van der Waals surface area contributed by atoms with E-state index in [2.05, 4.69) is 21.3 Å². The van der Waals surface area contributed by atoms with E-state index in [1.54, 1.807) is 122 Å². The second-order valence-corrected chi connectivity index (χ2v) is 18.0. The van der Waals surface area contributed by atoms with Crippen molar-refractivity contribution in [3.8, 4) is 34.5 Å². The Hall–Kier alpha value is -8.83. The van der Waals surface area contributed by atoms with Crippen LogP contribution in [-0.2, 0) is 19.2 Å². The number of halogens is 3. The number of rotatable bonds is 16. The maximum atomic E-state index is 13.2. The van der Waals surface area contributed by atoms with Crippen LogP contribution in [0.5, 0.6) is 34.5 Å². The lowest BCUT2D eigenvalue weighted by Crippen LogP contribution is -2.13. The van der Waals surface area contributed by atoms with E-state index in [0.717, 1.165) is 11.1 Å². The first-order valence-corrected chi connectivity index (χ1v) is 23.9. The Bertz CT molecular complexity index is 3520. The number of hydrogen-bond donors (Lipinski definition) is 8. The molecule has 0 bridgehead atoms. The van der Waals surface area contributed by atoms with Gasteiger partial charge in [-0.05, 0) is 110 Å². The van der Waals surface area contributed by atoms with Gasteiger partial charge >= 0.3 is 11.9 Å². The van der Waals surface area contributed by atoms with E-state index < -0.39 is 35.6 Å². The molecule has 8 rings (SSSR count). The normalized spacial score (nSPS) is 10.7. The number of benzene rings is 8. The van der Waals surface area contributed by atoms with Gasteiger partial charge in [-0.15, -0.1) is 0 Å². The maximum absolute atomic E-state index is 13.2. The third-order valence-corrected chi connectivity index (χ3v) is 12.2. The van der Waals surface area contributed by atoms with E-state index in [1.165, 1.54) is 18.2 Å². The average Bonchev–Trinajstić information content (AvgIpc) is 3.38. The summed E-state index contributed by atoms with van der Waals surface area (Å²) in [5, 5.41) is 53.0. The third-order valence-electron chi connectivity index (χ3n) is 11.2. The molecule has 0 aliphatic carbocycles. The van der Waals surface area contributed by atoms with Gasteiger partial charge in [-0.2, -0.15) is 0 Å². The van der Waals surface area contributed by atoms with Crippen LogP contribution in [0.3, 0.4) is 0 Å². The molecule has 4 amide bonds. The zero-order valence-electron chi connectivity index (χ0n) is 39.8. The molecule has 0 fully saturated rings. The van der Waals surface area contributed by atoms with Crippen LogP contribution in [0, 0.1) is 13.8 Å². The van der Waals surface area contributed by atoms with Gasteiger partial charge in [0.15, 0.2) is 0 Å². The number of carboxylic acid groups (broad SMARTS) is 2. The van der Waals surface area contributed by atoms with Crippen LogP contribution in [0.4, 0.5) is 22.7 Å². The highest BCUT2D eigenvalue weighted by Gasteiger charge is 2.22. The maximum Gasteiger partial charge on any atom is 0.303 e. The second kappa shape index (κ2) is 24.3. The summed E-state index contributed by atoms with van der Waals surface area (Å²) in [4.78, 5) is 71.3. The van der Waals surface area contributed by atoms with Gasteiger partial charge in [0.05, 0.1) is 45.4 Å². The van der Waals surface area contributed by atoms with E-state index in [0.29, 0.717) is 77.3 Å². The summed E-state index contributed by atoms with van der Waals surface area (Å²) in [5.74, 6) is -3.00. The van der Waals surface area contributed by atoms with Crippen molar-refractivity contribution in [3.63, 3.8) is 0 Å². The molecule has 0 aromatic heterocycles. The minimum Gasteiger partial charge on any atom is -0.506 e. The van der Waals surface area contributed by atoms with Crippen LogP contribution in [0.1, 0.15) is 57.5 Å². The van der Waals surface area contributed by atoms with Crippen molar-refractivity contribution in [2.24, 2.45) is 0 Å². The summed E-state index contributed by atoms with van der Waals surface area (Å²) >= 11 is 18.6. The number of nitrogens with one attached hydrogen (secondary N) is 4. The summed E-state index contributed by atoms with van der Waals surface area (Å²) in [6, 6.07) is 38.1. The zero-order valence-corrected chi connectivity index (χ0v) is 42.1. The molecule has 75 heavy (non-hydrogen) atoms. The van der Waals surface area contributed by atoms with Crippen molar-refractivity contribution < 1.29 is 58.7 Å². The predicted molar refractivity (Wildman–Crippen MR) is 289 cm³/mol. The number of carbonyl (C=O) groups is 6. The number of aliphatic carboxylic acids is 2. The van der Waals surface area contributed by atoms with Gasteiger partial charge in [0.25, 0.3) is 11.8 Å². The first-order valence-electron chi connectivity index (χ1n) is 22.8. The Labute approximate surface area is 443 Å². The minimum absolute atomic E-state index is 0.00709. The molecule has 19 heteroatoms. The molecule has 0 aliphatic heterocycles. The molecule has 0 aliphatic rings. The van der Waals surface area contributed by atoms with Crippen LogP contribution >= 0.6 is 34.8 Å². The van der Waals surface area contributed by atoms with Crippen LogP contribution in [0.2, 0.25) is 15.1 Å². The lowest BCUT2D eigenvalue weighted by molar-refractivity contribution is -0.138. The quantitative estimate of drug-likeness (QED) is 0.0450. The summed E-state index contributed by atoms with van der Waals surface area (Å²) in [6.45, 7) is 3.66. The van der Waals surface area contributed by atoms with Crippen molar-refractivity contribution in [2.75, 3.05) is 21.3 Å². The Morgan fingerprint density at radius 1 is 0.453 bits per heavy atom. The summed E-state index contributed by atoms with van der Waals surface area (Å²) in [7, 11) is 0. The molecule has 8 aromatic carbocycles. The van der Waals surface area contributed by atoms with E-state index in [4.69, 9.17) is 54.5 Å². The number of amides is 4. The van der Waals surface area contributed by atoms with Crippen molar-refractivity contribution in [1.29, 1.82) is 0 Å². The van der Waals surface area contributed by atoms with Crippen molar-refractivity contribution in [3.05, 3.63) is 177 Å². The van der Waals surface area contributed by atoms with E-state index in [1.807, 2.05) is 13.0 Å². The Morgan fingerprint density at radius 3 is 1.29 bits per heavy atom. The smallest absolute Gasteiger partial charge is 0.303 e. The lowest BCUT2D eigenvalue weighted by Gasteiger charge is -2.15. The molecule has 0 spiro atoms. The molecule has 0 saturated carbocycles. The van der Waals surface area contributed by atoms with Crippen molar-refractivity contribution >= 4 is 115 Å². The molecule has 0 atom stereocenters. The first kappa shape index (κ1) is 54.0. The highest BCUT2D eigenvalue weighted by atomic mass is 35.5. The van der Waals surface area contributed by atoms with E-state index in [-0.39, 0.29) is 53.3 Å². The Morgan fingerprint density at radius 2 is 0.867 bits per heavy atom. The van der Waals surface area contributed by atoms with Gasteiger partial charge in [-0.3, -0.25) is 28.8 Å². The SMILES string of the molecule is Cc1cc(NC(=O)c2cc(Oc3ccc(NC(=O)CCC(=O)O)cc3)c3ccccc3c2O)c(Cl)cc1Cl.Cc1ccc(NC(=O)c2cc(Oc3ccc(NC(=O)CCC(=O)O)cc3)c3ccccc3c2O)c(Cl)c1. The minimum atomic E-state index is -1.05. The largest absolute Gasteiger partial charge is 0.506 e. The number of carboxylic acids is 2. The summed E-state index contributed by atoms with van der Waals surface area (Å²) < 4.78 is 12.1. The highest BCUT2D eigenvalue weighted by molar-refractivity contribution is 6.37. The van der Waals surface area contributed by atoms with Gasteiger partial charge in [0, 0.05) is 50.8 Å². The standard InChI is InChI=1S/C28H22Cl2N2O6.C28H23ClN2O6/c1-15-12-23(22(30)14-21(15)29)32-28(37)20-13-24(18-4-2-3-5-19(18)27(20)36)38-17-8-6-16(7-9-17)31-25(33)10-11-26(34)35;1-16-6-11-23(22(29)14-16)31-28(36)21-15-24(19-4-2-3-5-20(19)27(21)35)37-18-9-7-17(8-10-18)30-25(32)12-13-26(33)34/h2-9,12-14,36H,10-11H2,1H3,(H,31,33)(H,32,37)(H,34,35);2-11,14-15,35H,12-13H2,1H3,(H,30,32)(H,31,36)(H,33,34). The molecule has 0 unspecified atom stereocenters. The number of phenols is 2. The van der Waals surface area contributed by atoms with E-state index >= 15 is 0 Å². The summed E-state index contributed by atoms with van der Waals surface area (Å²) in [5.41, 5.74) is 3.35. The topological polar surface area (TPSA) is 250 Å². The van der Waals surface area contributed by atoms with Gasteiger partial charge in [-0.1, -0.05) is 89.4 Å². The molecule has 382 valence electrons. The number of ether oxygens (including phenoxy) is 2. The Kier molecular flexibility index (Phi) is 17.5. The number of carbonyl (C=O) groups excluding carboxylic acids is 4. The van der Waals surface area contributed by atoms with Gasteiger partial charge in [0.1, 0.15) is 34.5 Å². The molecular formula is C56H45Cl3N4O12. The van der Waals surface area contributed by atoms with Gasteiger partial charge in [0.2, 0.25) is 11.8 Å². The van der Waals surface area contributed by atoms with Crippen LogP contribution < -0.4 is 30.7 Å². The average molecular weight is 1070 g/mol. The van der Waals surface area contributed by atoms with Crippen molar-refractivity contribution in [1.82, 2.24) is 0 Å². The molecular weight excluding hydrogens is 1030 g/mol. The zero-order chi connectivity index (χ0) is 53.9.